The van der Waals surface area contributed by atoms with Crippen LogP contribution in [0.1, 0.15) is 41.9 Å². The molecule has 1 aromatic carbocycles. The molecule has 0 aromatic heterocycles. The summed E-state index contributed by atoms with van der Waals surface area (Å²) in [6, 6.07) is 5.92. The van der Waals surface area contributed by atoms with Crippen LogP contribution >= 0.6 is 0 Å². The first-order valence-corrected chi connectivity index (χ1v) is 7.97. The topological polar surface area (TPSA) is 85.3 Å². The Morgan fingerprint density at radius 3 is 2.71 bits per heavy atom. The predicted molar refractivity (Wildman–Crippen MR) is 89.0 cm³/mol. The zero-order valence-electron chi connectivity index (χ0n) is 14.1. The van der Waals surface area contributed by atoms with Gasteiger partial charge in [-0.2, -0.15) is 5.26 Å². The Balaban J connectivity index is 2.24. The van der Waals surface area contributed by atoms with Gasteiger partial charge in [0, 0.05) is 18.4 Å². The van der Waals surface area contributed by atoms with Gasteiger partial charge < -0.3 is 15.2 Å². The van der Waals surface area contributed by atoms with Crippen LogP contribution in [0.2, 0.25) is 0 Å². The molecule has 1 aliphatic heterocycles. The molecule has 1 atom stereocenters. The molecule has 5 nitrogen and oxygen atoms in total. The molecular weight excluding hydrogens is 304 g/mol. The van der Waals surface area contributed by atoms with Crippen LogP contribution in [0, 0.1) is 25.2 Å². The van der Waals surface area contributed by atoms with Crippen molar-refractivity contribution < 1.29 is 14.3 Å². The lowest BCUT2D eigenvalue weighted by Gasteiger charge is -2.32. The van der Waals surface area contributed by atoms with Crippen LogP contribution in [0.25, 0.3) is 0 Å². The largest absolute Gasteiger partial charge is 0.496 e. The second kappa shape index (κ2) is 6.04. The Bertz CT molecular complexity index is 828. The van der Waals surface area contributed by atoms with E-state index in [4.69, 9.17) is 15.2 Å². The van der Waals surface area contributed by atoms with Crippen LogP contribution in [-0.2, 0) is 9.53 Å². The van der Waals surface area contributed by atoms with Gasteiger partial charge in [0.1, 0.15) is 23.2 Å². The van der Waals surface area contributed by atoms with E-state index in [1.54, 1.807) is 7.11 Å². The molecule has 0 amide bonds. The molecule has 0 saturated carbocycles. The fourth-order valence-corrected chi connectivity index (χ4v) is 3.52. The summed E-state index contributed by atoms with van der Waals surface area (Å²) in [6.07, 6.45) is 1.90. The Morgan fingerprint density at radius 2 is 2.04 bits per heavy atom. The molecule has 2 aliphatic rings. The van der Waals surface area contributed by atoms with Gasteiger partial charge in [0.05, 0.1) is 13.0 Å². The Morgan fingerprint density at radius 1 is 1.29 bits per heavy atom. The number of carbonyl (C=O) groups excluding carboxylic acids is 1. The molecule has 0 radical (unpaired) electrons. The highest BCUT2D eigenvalue weighted by atomic mass is 16.5. The van der Waals surface area contributed by atoms with Crippen molar-refractivity contribution in [1.29, 1.82) is 5.26 Å². The molecule has 124 valence electrons. The van der Waals surface area contributed by atoms with E-state index in [9.17, 15) is 10.1 Å². The quantitative estimate of drug-likeness (QED) is 0.903. The molecule has 1 aromatic rings. The number of Topliss-reactive ketones (excluding diaryl/α,β-unsaturated/α-hetero) is 1. The van der Waals surface area contributed by atoms with E-state index in [1.807, 2.05) is 26.0 Å². The highest BCUT2D eigenvalue weighted by Crippen LogP contribution is 2.45. The molecule has 0 spiro atoms. The Kier molecular flexibility index (Phi) is 4.06. The van der Waals surface area contributed by atoms with Crippen molar-refractivity contribution in [3.63, 3.8) is 0 Å². The van der Waals surface area contributed by atoms with E-state index in [2.05, 4.69) is 6.07 Å². The third kappa shape index (κ3) is 2.35. The summed E-state index contributed by atoms with van der Waals surface area (Å²) in [4.78, 5) is 12.6. The van der Waals surface area contributed by atoms with Crippen LogP contribution in [0.4, 0.5) is 0 Å². The summed E-state index contributed by atoms with van der Waals surface area (Å²) < 4.78 is 11.0. The third-order valence-corrected chi connectivity index (χ3v) is 4.92. The monoisotopic (exact) mass is 324 g/mol. The number of carbonyl (C=O) groups is 1. The molecule has 1 aliphatic carbocycles. The van der Waals surface area contributed by atoms with Crippen LogP contribution in [0.5, 0.6) is 5.75 Å². The van der Waals surface area contributed by atoms with E-state index < -0.39 is 5.92 Å². The fraction of sp³-hybridized carbons (Fsp3) is 0.368. The second-order valence-electron chi connectivity index (χ2n) is 6.15. The number of ether oxygens (including phenoxy) is 2. The minimum absolute atomic E-state index is 0.0365. The molecule has 0 fully saturated rings. The first-order valence-electron chi connectivity index (χ1n) is 7.97. The highest BCUT2D eigenvalue weighted by Gasteiger charge is 2.38. The molecule has 1 unspecified atom stereocenters. The number of nitrogens with zero attached hydrogens (tertiary/aromatic N) is 1. The number of allylic oxidation sites excluding steroid dienone is 3. The molecule has 3 rings (SSSR count). The average Bonchev–Trinajstić information content (AvgIpc) is 2.56. The standard InChI is InChI=1S/C19H20N2O3/c1-10-11(2)15(23-3)8-7-12(10)17-13(9-20)19(21)24-16-6-4-5-14(22)18(16)17/h7-8,17H,4-6,21H2,1-3H3. The Labute approximate surface area is 141 Å². The van der Waals surface area contributed by atoms with Crippen molar-refractivity contribution in [2.45, 2.75) is 39.0 Å². The van der Waals surface area contributed by atoms with Crippen LogP contribution in [0.3, 0.4) is 0 Å². The van der Waals surface area contributed by atoms with Crippen molar-refractivity contribution in [1.82, 2.24) is 0 Å². The smallest absolute Gasteiger partial charge is 0.205 e. The van der Waals surface area contributed by atoms with E-state index in [-0.39, 0.29) is 11.7 Å². The second-order valence-corrected chi connectivity index (χ2v) is 6.15. The van der Waals surface area contributed by atoms with Gasteiger partial charge in [0.25, 0.3) is 0 Å². The minimum atomic E-state index is -0.462. The highest BCUT2D eigenvalue weighted by molar-refractivity contribution is 5.99. The van der Waals surface area contributed by atoms with Gasteiger partial charge in [-0.15, -0.1) is 0 Å². The molecule has 2 N–H and O–H groups in total. The number of nitrogens with two attached hydrogens (primary N) is 1. The van der Waals surface area contributed by atoms with Gasteiger partial charge in [-0.1, -0.05) is 6.07 Å². The van der Waals surface area contributed by atoms with Gasteiger partial charge in [-0.25, -0.2) is 0 Å². The van der Waals surface area contributed by atoms with Crippen molar-refractivity contribution in [2.24, 2.45) is 5.73 Å². The molecule has 0 saturated heterocycles. The van der Waals surface area contributed by atoms with Crippen molar-refractivity contribution in [3.8, 4) is 11.8 Å². The van der Waals surface area contributed by atoms with Gasteiger partial charge in [-0.3, -0.25) is 4.79 Å². The van der Waals surface area contributed by atoms with Gasteiger partial charge in [0.15, 0.2) is 5.78 Å². The lowest BCUT2D eigenvalue weighted by molar-refractivity contribution is -0.116. The molecule has 5 heteroatoms. The molecular formula is C19H20N2O3. The summed E-state index contributed by atoms with van der Waals surface area (Å²) in [7, 11) is 1.62. The molecule has 24 heavy (non-hydrogen) atoms. The third-order valence-electron chi connectivity index (χ3n) is 4.92. The number of benzene rings is 1. The number of hydrogen-bond acceptors (Lipinski definition) is 5. The van der Waals surface area contributed by atoms with Gasteiger partial charge in [-0.05, 0) is 43.0 Å². The lowest BCUT2D eigenvalue weighted by Crippen LogP contribution is -2.27. The fourth-order valence-electron chi connectivity index (χ4n) is 3.52. The number of methoxy groups -OCH3 is 1. The predicted octanol–water partition coefficient (Wildman–Crippen LogP) is 3.13. The van der Waals surface area contributed by atoms with E-state index >= 15 is 0 Å². The van der Waals surface area contributed by atoms with Crippen molar-refractivity contribution in [3.05, 3.63) is 51.6 Å². The van der Waals surface area contributed by atoms with Crippen molar-refractivity contribution >= 4 is 5.78 Å². The average molecular weight is 324 g/mol. The lowest BCUT2D eigenvalue weighted by atomic mass is 9.76. The molecule has 1 heterocycles. The summed E-state index contributed by atoms with van der Waals surface area (Å²) >= 11 is 0. The maximum atomic E-state index is 12.6. The summed E-state index contributed by atoms with van der Waals surface area (Å²) in [5.74, 6) is 1.07. The number of nitriles is 1. The number of ketones is 1. The van der Waals surface area contributed by atoms with Gasteiger partial charge >= 0.3 is 0 Å². The number of hydrogen-bond donors (Lipinski definition) is 1. The zero-order chi connectivity index (χ0) is 17.4. The maximum Gasteiger partial charge on any atom is 0.205 e. The van der Waals surface area contributed by atoms with E-state index in [1.165, 1.54) is 0 Å². The number of rotatable bonds is 2. The SMILES string of the molecule is COc1ccc(C2C(C#N)=C(N)OC3=C2C(=O)CCC3)c(C)c1C. The van der Waals surface area contributed by atoms with Crippen molar-refractivity contribution in [2.75, 3.05) is 7.11 Å². The van der Waals surface area contributed by atoms with E-state index in [0.717, 1.165) is 28.9 Å². The van der Waals surface area contributed by atoms with Crippen LogP contribution in [0.15, 0.2) is 34.9 Å². The summed E-state index contributed by atoms with van der Waals surface area (Å²) in [5.41, 5.74) is 9.75. The summed E-state index contributed by atoms with van der Waals surface area (Å²) in [6.45, 7) is 3.94. The van der Waals surface area contributed by atoms with Gasteiger partial charge in [0.2, 0.25) is 5.88 Å². The normalized spacial score (nSPS) is 20.4. The minimum Gasteiger partial charge on any atom is -0.496 e. The first-order chi connectivity index (χ1) is 11.5. The van der Waals surface area contributed by atoms with E-state index in [0.29, 0.717) is 29.7 Å². The Hall–Kier alpha value is -2.74. The molecule has 0 bridgehead atoms. The van der Waals surface area contributed by atoms with Crippen LogP contribution in [-0.4, -0.2) is 12.9 Å². The van der Waals surface area contributed by atoms with Crippen LogP contribution < -0.4 is 10.5 Å². The zero-order valence-corrected chi connectivity index (χ0v) is 14.1. The maximum absolute atomic E-state index is 12.6. The summed E-state index contributed by atoms with van der Waals surface area (Å²) in [5, 5.41) is 9.60. The first kappa shape index (κ1) is 16.1.